The molecule has 0 saturated heterocycles. The van der Waals surface area contributed by atoms with E-state index in [1.165, 1.54) is 0 Å². The predicted octanol–water partition coefficient (Wildman–Crippen LogP) is 1.76. The predicted molar refractivity (Wildman–Crippen MR) is 73.6 cm³/mol. The van der Waals surface area contributed by atoms with E-state index in [9.17, 15) is 9.59 Å². The molecule has 0 atom stereocenters. The fraction of sp³-hybridized carbons (Fsp3) is 0.571. The number of hydrogen-bond donors (Lipinski definition) is 2. The first-order valence-electron chi connectivity index (χ1n) is 6.51. The third-order valence-electron chi connectivity index (χ3n) is 2.71. The SMILES string of the molecule is C=C1C(=O)C(C(C)C)=C1NCCNC(=O)OC(C)C. The van der Waals surface area contributed by atoms with Gasteiger partial charge in [-0.3, -0.25) is 4.79 Å². The third-order valence-corrected chi connectivity index (χ3v) is 2.71. The molecule has 0 radical (unpaired) electrons. The van der Waals surface area contributed by atoms with E-state index >= 15 is 0 Å². The number of carbonyl (C=O) groups is 2. The normalized spacial score (nSPS) is 14.8. The zero-order chi connectivity index (χ0) is 14.6. The topological polar surface area (TPSA) is 67.4 Å². The van der Waals surface area contributed by atoms with Crippen LogP contribution in [0.1, 0.15) is 27.7 Å². The Kier molecular flexibility index (Phi) is 5.15. The number of carbonyl (C=O) groups excluding carboxylic acids is 2. The van der Waals surface area contributed by atoms with Crippen LogP contribution < -0.4 is 10.6 Å². The van der Waals surface area contributed by atoms with Crippen LogP contribution in [0.3, 0.4) is 0 Å². The highest BCUT2D eigenvalue weighted by Gasteiger charge is 2.33. The number of hydrogen-bond acceptors (Lipinski definition) is 4. The van der Waals surface area contributed by atoms with Crippen LogP contribution in [0.4, 0.5) is 4.79 Å². The van der Waals surface area contributed by atoms with Gasteiger partial charge in [0, 0.05) is 24.2 Å². The summed E-state index contributed by atoms with van der Waals surface area (Å²) >= 11 is 0. The highest BCUT2D eigenvalue weighted by Crippen LogP contribution is 2.31. The van der Waals surface area contributed by atoms with Gasteiger partial charge < -0.3 is 15.4 Å². The largest absolute Gasteiger partial charge is 0.447 e. The summed E-state index contributed by atoms with van der Waals surface area (Å²) in [4.78, 5) is 22.8. The van der Waals surface area contributed by atoms with E-state index in [2.05, 4.69) is 17.2 Å². The molecular formula is C14H22N2O3. The summed E-state index contributed by atoms with van der Waals surface area (Å²) in [5, 5.41) is 5.76. The molecule has 0 aromatic rings. The minimum absolute atomic E-state index is 0.0321. The number of Topliss-reactive ketones (excluding diaryl/α,β-unsaturated/α-hetero) is 1. The molecule has 0 aliphatic heterocycles. The second kappa shape index (κ2) is 6.41. The summed E-state index contributed by atoms with van der Waals surface area (Å²) in [5.41, 5.74) is 2.13. The molecule has 1 aliphatic carbocycles. The molecule has 0 heterocycles. The molecule has 0 bridgehead atoms. The van der Waals surface area contributed by atoms with Crippen LogP contribution >= 0.6 is 0 Å². The first kappa shape index (κ1) is 15.3. The molecular weight excluding hydrogens is 244 g/mol. The lowest BCUT2D eigenvalue weighted by Crippen LogP contribution is -2.38. The summed E-state index contributed by atoms with van der Waals surface area (Å²) in [6.07, 6.45) is -0.564. The Hall–Kier alpha value is -1.78. The molecule has 2 N–H and O–H groups in total. The van der Waals surface area contributed by atoms with E-state index in [0.29, 0.717) is 18.7 Å². The molecule has 19 heavy (non-hydrogen) atoms. The van der Waals surface area contributed by atoms with Crippen LogP contribution in [0.25, 0.3) is 0 Å². The van der Waals surface area contributed by atoms with Crippen molar-refractivity contribution in [3.63, 3.8) is 0 Å². The quantitative estimate of drug-likeness (QED) is 0.568. The van der Waals surface area contributed by atoms with E-state index in [0.717, 1.165) is 11.3 Å². The van der Waals surface area contributed by atoms with Crippen molar-refractivity contribution in [2.24, 2.45) is 5.92 Å². The van der Waals surface area contributed by atoms with Gasteiger partial charge in [0.05, 0.1) is 11.8 Å². The van der Waals surface area contributed by atoms with Crippen molar-refractivity contribution in [2.45, 2.75) is 33.8 Å². The van der Waals surface area contributed by atoms with Gasteiger partial charge >= 0.3 is 6.09 Å². The van der Waals surface area contributed by atoms with Crippen molar-refractivity contribution in [2.75, 3.05) is 13.1 Å². The average molecular weight is 266 g/mol. The molecule has 0 aromatic carbocycles. The van der Waals surface area contributed by atoms with E-state index in [1.807, 2.05) is 13.8 Å². The molecule has 0 fully saturated rings. The second-order valence-corrected chi connectivity index (χ2v) is 5.06. The van der Waals surface area contributed by atoms with Gasteiger partial charge in [0.2, 0.25) is 0 Å². The van der Waals surface area contributed by atoms with Gasteiger partial charge in [0.1, 0.15) is 0 Å². The molecule has 0 unspecified atom stereocenters. The maximum absolute atomic E-state index is 11.6. The third kappa shape index (κ3) is 3.84. The van der Waals surface area contributed by atoms with Crippen molar-refractivity contribution in [3.8, 4) is 0 Å². The maximum Gasteiger partial charge on any atom is 0.407 e. The Labute approximate surface area is 114 Å². The highest BCUT2D eigenvalue weighted by atomic mass is 16.6. The number of alkyl carbamates (subject to hydrolysis) is 1. The lowest BCUT2D eigenvalue weighted by atomic mass is 9.81. The van der Waals surface area contributed by atoms with Crippen LogP contribution in [0.15, 0.2) is 23.4 Å². The molecule has 1 amide bonds. The van der Waals surface area contributed by atoms with Crippen LogP contribution in [0.5, 0.6) is 0 Å². The average Bonchev–Trinajstić information content (AvgIpc) is 2.30. The van der Waals surface area contributed by atoms with E-state index in [-0.39, 0.29) is 17.8 Å². The van der Waals surface area contributed by atoms with Crippen LogP contribution in [0, 0.1) is 5.92 Å². The standard InChI is InChI=1S/C14H22N2O3/c1-8(2)11-12(10(5)13(11)17)15-6-7-16-14(18)19-9(3)4/h8-9,15H,5-7H2,1-4H3,(H,16,18). The zero-order valence-electron chi connectivity index (χ0n) is 12.0. The maximum atomic E-state index is 11.6. The van der Waals surface area contributed by atoms with Crippen molar-refractivity contribution in [3.05, 3.63) is 23.4 Å². The molecule has 0 spiro atoms. The van der Waals surface area contributed by atoms with Crippen molar-refractivity contribution in [1.82, 2.24) is 10.6 Å². The zero-order valence-corrected chi connectivity index (χ0v) is 12.0. The summed E-state index contributed by atoms with van der Waals surface area (Å²) in [6, 6.07) is 0. The molecule has 1 aliphatic rings. The minimum atomic E-state index is -0.432. The van der Waals surface area contributed by atoms with Gasteiger partial charge in [0.15, 0.2) is 5.78 Å². The first-order chi connectivity index (χ1) is 8.84. The summed E-state index contributed by atoms with van der Waals surface area (Å²) in [6.45, 7) is 12.2. The first-order valence-corrected chi connectivity index (χ1v) is 6.51. The summed E-state index contributed by atoms with van der Waals surface area (Å²) in [5.74, 6) is 0.212. The number of ketones is 1. The number of rotatable bonds is 6. The van der Waals surface area contributed by atoms with Gasteiger partial charge in [0.25, 0.3) is 0 Å². The number of amides is 1. The molecule has 1 rings (SSSR count). The lowest BCUT2D eigenvalue weighted by molar-refractivity contribution is -0.113. The Morgan fingerprint density at radius 1 is 1.26 bits per heavy atom. The second-order valence-electron chi connectivity index (χ2n) is 5.06. The smallest absolute Gasteiger partial charge is 0.407 e. The Bertz CT molecular complexity index is 422. The summed E-state index contributed by atoms with van der Waals surface area (Å²) < 4.78 is 4.93. The molecule has 5 nitrogen and oxygen atoms in total. The number of allylic oxidation sites excluding steroid dienone is 2. The Morgan fingerprint density at radius 2 is 1.89 bits per heavy atom. The lowest BCUT2D eigenvalue weighted by Gasteiger charge is -2.28. The van der Waals surface area contributed by atoms with Crippen LogP contribution in [0.2, 0.25) is 0 Å². The Morgan fingerprint density at radius 3 is 2.42 bits per heavy atom. The van der Waals surface area contributed by atoms with Crippen molar-refractivity contribution >= 4 is 11.9 Å². The van der Waals surface area contributed by atoms with Crippen molar-refractivity contribution in [1.29, 1.82) is 0 Å². The highest BCUT2D eigenvalue weighted by molar-refractivity contribution is 6.19. The molecule has 5 heteroatoms. The molecule has 0 saturated carbocycles. The monoisotopic (exact) mass is 266 g/mol. The molecule has 106 valence electrons. The van der Waals surface area contributed by atoms with Crippen LogP contribution in [-0.4, -0.2) is 31.1 Å². The fourth-order valence-corrected chi connectivity index (χ4v) is 1.85. The van der Waals surface area contributed by atoms with Gasteiger partial charge in [-0.1, -0.05) is 20.4 Å². The van der Waals surface area contributed by atoms with E-state index < -0.39 is 6.09 Å². The van der Waals surface area contributed by atoms with E-state index in [1.54, 1.807) is 13.8 Å². The Balaban J connectivity index is 2.36. The molecule has 0 aromatic heterocycles. The summed E-state index contributed by atoms with van der Waals surface area (Å²) in [7, 11) is 0. The number of ether oxygens (including phenoxy) is 1. The van der Waals surface area contributed by atoms with Gasteiger partial charge in [-0.15, -0.1) is 0 Å². The number of nitrogens with one attached hydrogen (secondary N) is 2. The van der Waals surface area contributed by atoms with E-state index in [4.69, 9.17) is 4.74 Å². The van der Waals surface area contributed by atoms with Gasteiger partial charge in [-0.05, 0) is 19.8 Å². The van der Waals surface area contributed by atoms with Gasteiger partial charge in [-0.2, -0.15) is 0 Å². The van der Waals surface area contributed by atoms with Gasteiger partial charge in [-0.25, -0.2) is 4.79 Å². The van der Waals surface area contributed by atoms with Crippen molar-refractivity contribution < 1.29 is 14.3 Å². The minimum Gasteiger partial charge on any atom is -0.447 e. The fourth-order valence-electron chi connectivity index (χ4n) is 1.85. The van der Waals surface area contributed by atoms with Crippen LogP contribution in [-0.2, 0) is 9.53 Å².